The molecule has 7 heteroatoms. The van der Waals surface area contributed by atoms with Gasteiger partial charge < -0.3 is 5.32 Å². The molecule has 3 rings (SSSR count). The van der Waals surface area contributed by atoms with Gasteiger partial charge >= 0.3 is 0 Å². The van der Waals surface area contributed by atoms with Gasteiger partial charge in [-0.25, -0.2) is 8.42 Å². The maximum atomic E-state index is 12.6. The molecule has 3 aromatic rings. The third-order valence-corrected chi connectivity index (χ3v) is 6.70. The first-order valence-corrected chi connectivity index (χ1v) is 12.2. The summed E-state index contributed by atoms with van der Waals surface area (Å²) >= 11 is 0. The lowest BCUT2D eigenvalue weighted by Crippen LogP contribution is -2.26. The second-order valence-electron chi connectivity index (χ2n) is 7.41. The number of para-hydroxylation sites is 1. The van der Waals surface area contributed by atoms with Crippen LogP contribution in [0.15, 0.2) is 83.8 Å². The van der Waals surface area contributed by atoms with Gasteiger partial charge in [-0.3, -0.25) is 14.4 Å². The fourth-order valence-corrected chi connectivity index (χ4v) is 4.41. The molecule has 0 aliphatic rings. The van der Waals surface area contributed by atoms with Crippen molar-refractivity contribution in [3.63, 3.8) is 0 Å². The Bertz CT molecular complexity index is 1130. The van der Waals surface area contributed by atoms with Crippen LogP contribution in [0.2, 0.25) is 0 Å². The average molecular weight is 452 g/mol. The Labute approximate surface area is 190 Å². The molecule has 0 heterocycles. The molecule has 0 unspecified atom stereocenters. The largest absolute Gasteiger partial charge is 0.348 e. The highest BCUT2D eigenvalue weighted by Gasteiger charge is 2.15. The number of benzene rings is 3. The molecular weight excluding hydrogens is 422 g/mol. The van der Waals surface area contributed by atoms with Crippen molar-refractivity contribution < 1.29 is 13.2 Å². The van der Waals surface area contributed by atoms with E-state index >= 15 is 0 Å². The van der Waals surface area contributed by atoms with Crippen LogP contribution >= 0.6 is 0 Å². The van der Waals surface area contributed by atoms with E-state index in [1.807, 2.05) is 24.3 Å². The fraction of sp³-hybridized carbons (Fsp3) is 0.240. The molecular formula is C25H29N3O3S. The third kappa shape index (κ3) is 6.18. The number of amides is 1. The van der Waals surface area contributed by atoms with Crippen LogP contribution < -0.4 is 10.0 Å². The number of rotatable bonds is 10. The Kier molecular flexibility index (Phi) is 8.03. The van der Waals surface area contributed by atoms with Gasteiger partial charge in [-0.1, -0.05) is 56.3 Å². The van der Waals surface area contributed by atoms with Crippen LogP contribution in [-0.2, 0) is 23.1 Å². The normalized spacial score (nSPS) is 11.3. The van der Waals surface area contributed by atoms with Crippen molar-refractivity contribution in [2.45, 2.75) is 31.8 Å². The Hall–Kier alpha value is -3.16. The predicted molar refractivity (Wildman–Crippen MR) is 128 cm³/mol. The van der Waals surface area contributed by atoms with E-state index in [9.17, 15) is 13.2 Å². The second kappa shape index (κ2) is 10.9. The summed E-state index contributed by atoms with van der Waals surface area (Å²) in [7, 11) is -3.72. The van der Waals surface area contributed by atoms with Crippen molar-refractivity contribution in [1.29, 1.82) is 0 Å². The van der Waals surface area contributed by atoms with Crippen molar-refractivity contribution in [3.8, 4) is 0 Å². The number of hydrogen-bond acceptors (Lipinski definition) is 4. The zero-order chi connectivity index (χ0) is 23.0. The molecule has 168 valence electrons. The standard InChI is InChI=1S/C25H29N3O3S/c1-3-28(4-2)19-22-11-9-8-10-21(22)18-26-25(29)20-14-16-24(17-15-20)32(30,31)27-23-12-6-5-7-13-23/h5-17,27H,3-4,18-19H2,1-2H3,(H,26,29). The quantitative estimate of drug-likeness (QED) is 0.483. The first-order chi connectivity index (χ1) is 15.4. The van der Waals surface area contributed by atoms with Crippen LogP contribution in [0.4, 0.5) is 5.69 Å². The number of sulfonamides is 1. The van der Waals surface area contributed by atoms with Crippen LogP contribution in [0.1, 0.15) is 35.3 Å². The first kappa shape index (κ1) is 23.5. The Morgan fingerprint density at radius 2 is 1.41 bits per heavy atom. The number of nitrogens with one attached hydrogen (secondary N) is 2. The van der Waals surface area contributed by atoms with Gasteiger partial charge in [0, 0.05) is 24.3 Å². The highest BCUT2D eigenvalue weighted by Crippen LogP contribution is 2.17. The molecule has 32 heavy (non-hydrogen) atoms. The van der Waals surface area contributed by atoms with Gasteiger partial charge in [-0.15, -0.1) is 0 Å². The van der Waals surface area contributed by atoms with E-state index < -0.39 is 10.0 Å². The van der Waals surface area contributed by atoms with Gasteiger partial charge in [-0.05, 0) is 60.6 Å². The number of nitrogens with zero attached hydrogens (tertiary/aromatic N) is 1. The first-order valence-electron chi connectivity index (χ1n) is 10.7. The van der Waals surface area contributed by atoms with Crippen molar-refractivity contribution >= 4 is 21.6 Å². The SMILES string of the molecule is CCN(CC)Cc1ccccc1CNC(=O)c1ccc(S(=O)(=O)Nc2ccccc2)cc1. The van der Waals surface area contributed by atoms with Crippen molar-refractivity contribution in [3.05, 3.63) is 95.6 Å². The summed E-state index contributed by atoms with van der Waals surface area (Å²) in [6.07, 6.45) is 0. The number of hydrogen-bond donors (Lipinski definition) is 2. The van der Waals surface area contributed by atoms with E-state index in [0.717, 1.165) is 25.2 Å². The number of carbonyl (C=O) groups excluding carboxylic acids is 1. The smallest absolute Gasteiger partial charge is 0.261 e. The summed E-state index contributed by atoms with van der Waals surface area (Å²) in [5.41, 5.74) is 3.14. The van der Waals surface area contributed by atoms with Crippen molar-refractivity contribution in [1.82, 2.24) is 10.2 Å². The fourth-order valence-electron chi connectivity index (χ4n) is 3.36. The Balaban J connectivity index is 1.65. The minimum atomic E-state index is -3.72. The maximum Gasteiger partial charge on any atom is 0.261 e. The highest BCUT2D eigenvalue weighted by atomic mass is 32.2. The summed E-state index contributed by atoms with van der Waals surface area (Å²) in [5.74, 6) is -0.248. The van der Waals surface area contributed by atoms with Gasteiger partial charge in [0.15, 0.2) is 0 Å². The summed E-state index contributed by atoms with van der Waals surface area (Å²) < 4.78 is 27.6. The summed E-state index contributed by atoms with van der Waals surface area (Å²) in [5, 5.41) is 2.94. The number of anilines is 1. The molecule has 1 amide bonds. The summed E-state index contributed by atoms with van der Waals surface area (Å²) in [6, 6.07) is 22.7. The van der Waals surface area contributed by atoms with E-state index in [4.69, 9.17) is 0 Å². The van der Waals surface area contributed by atoms with Crippen molar-refractivity contribution in [2.75, 3.05) is 17.8 Å². The Morgan fingerprint density at radius 1 is 0.812 bits per heavy atom. The second-order valence-corrected chi connectivity index (χ2v) is 9.09. The summed E-state index contributed by atoms with van der Waals surface area (Å²) in [6.45, 7) is 7.43. The summed E-state index contributed by atoms with van der Waals surface area (Å²) in [4.78, 5) is 15.1. The van der Waals surface area contributed by atoms with Gasteiger partial charge in [0.2, 0.25) is 0 Å². The lowest BCUT2D eigenvalue weighted by atomic mass is 10.1. The molecule has 0 bridgehead atoms. The van der Waals surface area contributed by atoms with Crippen LogP contribution in [0, 0.1) is 0 Å². The molecule has 2 N–H and O–H groups in total. The molecule has 0 atom stereocenters. The van der Waals surface area contributed by atoms with E-state index in [2.05, 4.69) is 34.9 Å². The maximum absolute atomic E-state index is 12.6. The molecule has 0 aromatic heterocycles. The van der Waals surface area contributed by atoms with Crippen LogP contribution in [0.25, 0.3) is 0 Å². The molecule has 6 nitrogen and oxygen atoms in total. The van der Waals surface area contributed by atoms with E-state index in [-0.39, 0.29) is 10.8 Å². The molecule has 0 fully saturated rings. The van der Waals surface area contributed by atoms with Crippen molar-refractivity contribution in [2.24, 2.45) is 0 Å². The van der Waals surface area contributed by atoms with Crippen LogP contribution in [-0.4, -0.2) is 32.3 Å². The molecule has 0 saturated heterocycles. The minimum absolute atomic E-state index is 0.0995. The molecule has 0 aliphatic carbocycles. The third-order valence-electron chi connectivity index (χ3n) is 5.30. The minimum Gasteiger partial charge on any atom is -0.348 e. The average Bonchev–Trinajstić information content (AvgIpc) is 2.82. The van der Waals surface area contributed by atoms with E-state index in [0.29, 0.717) is 17.8 Å². The Morgan fingerprint density at radius 3 is 2.03 bits per heavy atom. The van der Waals surface area contributed by atoms with E-state index in [1.165, 1.54) is 29.8 Å². The number of carbonyl (C=O) groups is 1. The topological polar surface area (TPSA) is 78.5 Å². The lowest BCUT2D eigenvalue weighted by Gasteiger charge is -2.20. The molecule has 0 radical (unpaired) electrons. The van der Waals surface area contributed by atoms with Gasteiger partial charge in [0.25, 0.3) is 15.9 Å². The van der Waals surface area contributed by atoms with E-state index in [1.54, 1.807) is 24.3 Å². The molecule has 3 aromatic carbocycles. The zero-order valence-corrected chi connectivity index (χ0v) is 19.2. The monoisotopic (exact) mass is 451 g/mol. The molecule has 0 spiro atoms. The predicted octanol–water partition coefficient (Wildman–Crippen LogP) is 4.26. The zero-order valence-electron chi connectivity index (χ0n) is 18.4. The molecule has 0 aliphatic heterocycles. The van der Waals surface area contributed by atoms with Gasteiger partial charge in [0.1, 0.15) is 0 Å². The highest BCUT2D eigenvalue weighted by molar-refractivity contribution is 7.92. The van der Waals surface area contributed by atoms with Gasteiger partial charge in [0.05, 0.1) is 4.90 Å². The van der Waals surface area contributed by atoms with Crippen LogP contribution in [0.5, 0.6) is 0 Å². The lowest BCUT2D eigenvalue weighted by molar-refractivity contribution is 0.0950. The van der Waals surface area contributed by atoms with Crippen LogP contribution in [0.3, 0.4) is 0 Å². The molecule has 0 saturated carbocycles. The van der Waals surface area contributed by atoms with Gasteiger partial charge in [-0.2, -0.15) is 0 Å².